The van der Waals surface area contributed by atoms with E-state index in [9.17, 15) is 19.8 Å². The third-order valence-electron chi connectivity index (χ3n) is 2.43. The van der Waals surface area contributed by atoms with Crippen molar-refractivity contribution in [1.82, 2.24) is 0 Å². The number of benzene rings is 3. The Morgan fingerprint density at radius 1 is 0.548 bits per heavy atom. The minimum absolute atomic E-state index is 0. The summed E-state index contributed by atoms with van der Waals surface area (Å²) in [6.07, 6.45) is 4.77. The van der Waals surface area contributed by atoms with Gasteiger partial charge in [-0.15, -0.1) is 0 Å². The third-order valence-corrected chi connectivity index (χ3v) is 2.43. The van der Waals surface area contributed by atoms with Gasteiger partial charge in [-0.3, -0.25) is 0 Å². The van der Waals surface area contributed by atoms with Crippen LogP contribution in [0.4, 0.5) is 0 Å². The van der Waals surface area contributed by atoms with Crippen molar-refractivity contribution >= 4 is 38.1 Å². The van der Waals surface area contributed by atoms with Gasteiger partial charge in [-0.05, 0) is 44.2 Å². The van der Waals surface area contributed by atoms with Crippen LogP contribution in [0.5, 0.6) is 0 Å². The summed E-state index contributed by atoms with van der Waals surface area (Å²) in [6, 6.07) is 37.5. The standard InChI is InChI=1S/3C6H5.2C4H6O2.Bi/c3*1-2-4-6-5-3-1;2*1-2-3-4(5)6;/h3*1-5H;2*2-3H,1H3,(H,5,6);/q;;;;;+2/p-2/b;;;2*3-2+;. The van der Waals surface area contributed by atoms with Gasteiger partial charge in [0.1, 0.15) is 0 Å². The van der Waals surface area contributed by atoms with E-state index in [1.165, 1.54) is 12.2 Å². The van der Waals surface area contributed by atoms with Crippen LogP contribution in [0.2, 0.25) is 0 Å². The van der Waals surface area contributed by atoms with E-state index in [2.05, 4.69) is 18.2 Å². The van der Waals surface area contributed by atoms with Crippen molar-refractivity contribution in [2.24, 2.45) is 0 Å². The van der Waals surface area contributed by atoms with E-state index in [1.807, 2.05) is 91.0 Å². The first-order valence-corrected chi connectivity index (χ1v) is 8.95. The minimum atomic E-state index is -1.14. The number of allylic oxidation sites excluding steroid dienone is 2. The molecule has 0 spiro atoms. The molecule has 3 aromatic carbocycles. The molecular formula is C26H25BiO4. The molecule has 0 amide bonds. The Bertz CT molecular complexity index is 597. The van der Waals surface area contributed by atoms with Crippen molar-refractivity contribution in [1.29, 1.82) is 0 Å². The molecule has 0 saturated heterocycles. The van der Waals surface area contributed by atoms with Crippen molar-refractivity contribution in [2.45, 2.75) is 13.8 Å². The molecule has 0 fully saturated rings. The SMILES string of the molecule is C/C=C/C(=O)[O-].C/C=C/C(=O)[O-].[Bi+2].[c]1ccccc1.[c]1ccccc1.[c]1ccccc1. The Labute approximate surface area is 204 Å². The number of hydrogen-bond acceptors (Lipinski definition) is 4. The molecule has 0 N–H and O–H groups in total. The number of carboxylic acid groups (broad SMARTS) is 2. The summed E-state index contributed by atoms with van der Waals surface area (Å²) < 4.78 is 0. The first kappa shape index (κ1) is 32.6. The predicted octanol–water partition coefficient (Wildman–Crippen LogP) is 2.70. The maximum absolute atomic E-state index is 9.40. The maximum atomic E-state index is 9.40. The van der Waals surface area contributed by atoms with E-state index in [-0.39, 0.29) is 26.2 Å². The largest absolute Gasteiger partial charge is 2.00 e. The van der Waals surface area contributed by atoms with Crippen molar-refractivity contribution in [3.8, 4) is 0 Å². The van der Waals surface area contributed by atoms with Gasteiger partial charge in [0.2, 0.25) is 0 Å². The molecule has 3 aromatic rings. The van der Waals surface area contributed by atoms with Gasteiger partial charge in [0.05, 0.1) is 11.9 Å². The van der Waals surface area contributed by atoms with Crippen LogP contribution in [0.25, 0.3) is 0 Å². The number of carbonyl (C=O) groups is 2. The summed E-state index contributed by atoms with van der Waals surface area (Å²) in [5, 5.41) is 18.8. The van der Waals surface area contributed by atoms with Gasteiger partial charge in [-0.2, -0.15) is 0 Å². The van der Waals surface area contributed by atoms with Gasteiger partial charge >= 0.3 is 26.2 Å². The van der Waals surface area contributed by atoms with E-state index in [1.54, 1.807) is 13.8 Å². The quantitative estimate of drug-likeness (QED) is 0.331. The van der Waals surface area contributed by atoms with Crippen LogP contribution >= 0.6 is 0 Å². The van der Waals surface area contributed by atoms with Gasteiger partial charge in [-0.1, -0.05) is 103 Å². The van der Waals surface area contributed by atoms with Crippen LogP contribution in [0.3, 0.4) is 0 Å². The molecule has 0 heterocycles. The van der Waals surface area contributed by atoms with Gasteiger partial charge in [-0.25, -0.2) is 0 Å². The summed E-state index contributed by atoms with van der Waals surface area (Å²) in [5.41, 5.74) is 0. The van der Waals surface area contributed by atoms with E-state index in [0.717, 1.165) is 12.2 Å². The fraction of sp³-hybridized carbons (Fsp3) is 0.0769. The molecule has 31 heavy (non-hydrogen) atoms. The summed E-state index contributed by atoms with van der Waals surface area (Å²) in [4.78, 5) is 18.8. The summed E-state index contributed by atoms with van der Waals surface area (Å²) >= 11 is 0. The molecule has 0 atom stereocenters. The van der Waals surface area contributed by atoms with Crippen LogP contribution in [0.15, 0.2) is 115 Å². The van der Waals surface area contributed by atoms with Crippen molar-refractivity contribution in [3.05, 3.63) is 133 Å². The second-order valence-electron chi connectivity index (χ2n) is 4.87. The Morgan fingerprint density at radius 3 is 0.806 bits per heavy atom. The molecule has 0 aliphatic rings. The molecule has 6 radical (unpaired) electrons. The summed E-state index contributed by atoms with van der Waals surface area (Å²) in [5.74, 6) is -2.28. The van der Waals surface area contributed by atoms with Crippen LogP contribution in [0, 0.1) is 18.2 Å². The maximum Gasteiger partial charge on any atom is 2.00 e. The number of aliphatic carboxylic acids is 2. The second-order valence-corrected chi connectivity index (χ2v) is 4.87. The van der Waals surface area contributed by atoms with Crippen molar-refractivity contribution in [2.75, 3.05) is 0 Å². The smallest absolute Gasteiger partial charge is 0.545 e. The monoisotopic (exact) mass is 610 g/mol. The van der Waals surface area contributed by atoms with Crippen molar-refractivity contribution < 1.29 is 19.8 Å². The molecule has 0 aliphatic carbocycles. The zero-order chi connectivity index (χ0) is 22.7. The fourth-order valence-corrected chi connectivity index (χ4v) is 1.30. The molecule has 0 bridgehead atoms. The Kier molecular flexibility index (Phi) is 30.7. The predicted molar refractivity (Wildman–Crippen MR) is 121 cm³/mol. The first-order chi connectivity index (χ1) is 14.5. The zero-order valence-corrected chi connectivity index (χ0v) is 21.0. The van der Waals surface area contributed by atoms with E-state index < -0.39 is 11.9 Å². The Morgan fingerprint density at radius 2 is 0.774 bits per heavy atom. The van der Waals surface area contributed by atoms with E-state index in [0.29, 0.717) is 0 Å². The van der Waals surface area contributed by atoms with Gasteiger partial charge in [0.15, 0.2) is 0 Å². The van der Waals surface area contributed by atoms with Crippen LogP contribution < -0.4 is 10.2 Å². The molecule has 158 valence electrons. The molecule has 0 unspecified atom stereocenters. The normalized spacial score (nSPS) is 8.32. The number of carbonyl (C=O) groups excluding carboxylic acids is 2. The average molecular weight is 610 g/mol. The van der Waals surface area contributed by atoms with Gasteiger partial charge < -0.3 is 19.8 Å². The minimum Gasteiger partial charge on any atom is -0.545 e. The second kappa shape index (κ2) is 29.2. The molecule has 0 aliphatic heterocycles. The summed E-state index contributed by atoms with van der Waals surface area (Å²) in [7, 11) is 0. The molecule has 4 nitrogen and oxygen atoms in total. The van der Waals surface area contributed by atoms with Gasteiger partial charge in [0.25, 0.3) is 0 Å². The van der Waals surface area contributed by atoms with Crippen LogP contribution in [-0.2, 0) is 9.59 Å². The molecule has 5 heteroatoms. The number of carboxylic acids is 2. The van der Waals surface area contributed by atoms with Crippen LogP contribution in [-0.4, -0.2) is 38.1 Å². The topological polar surface area (TPSA) is 80.3 Å². The van der Waals surface area contributed by atoms with Gasteiger partial charge in [0, 0.05) is 0 Å². The van der Waals surface area contributed by atoms with Crippen molar-refractivity contribution in [3.63, 3.8) is 0 Å². The Balaban J connectivity index is -0.000000314. The van der Waals surface area contributed by atoms with E-state index in [4.69, 9.17) is 0 Å². The molecule has 0 aromatic heterocycles. The summed E-state index contributed by atoms with van der Waals surface area (Å²) in [6.45, 7) is 3.24. The molecule has 3 rings (SSSR count). The Hall–Kier alpha value is -3.04. The third kappa shape index (κ3) is 38.2. The molecule has 0 saturated carbocycles. The number of rotatable bonds is 2. The average Bonchev–Trinajstić information content (AvgIpc) is 2.79. The first-order valence-electron chi connectivity index (χ1n) is 8.95. The zero-order valence-electron chi connectivity index (χ0n) is 17.5. The molecular weight excluding hydrogens is 585 g/mol. The number of hydrogen-bond donors (Lipinski definition) is 0. The fourth-order valence-electron chi connectivity index (χ4n) is 1.30. The van der Waals surface area contributed by atoms with E-state index >= 15 is 0 Å². The van der Waals surface area contributed by atoms with Crippen LogP contribution in [0.1, 0.15) is 13.8 Å².